The summed E-state index contributed by atoms with van der Waals surface area (Å²) in [7, 11) is 4.25. The van der Waals surface area contributed by atoms with Gasteiger partial charge in [-0.1, -0.05) is 114 Å². The van der Waals surface area contributed by atoms with Gasteiger partial charge in [0.2, 0.25) is 0 Å². The van der Waals surface area contributed by atoms with Crippen molar-refractivity contribution in [2.75, 3.05) is 0 Å². The summed E-state index contributed by atoms with van der Waals surface area (Å²) in [6.07, 6.45) is 0. The lowest BCUT2D eigenvalue weighted by atomic mass is 9.84. The molecule has 0 aromatic heterocycles. The van der Waals surface area contributed by atoms with Crippen molar-refractivity contribution >= 4 is 43.4 Å². The molecule has 0 saturated heterocycles. The van der Waals surface area contributed by atoms with Gasteiger partial charge in [0.25, 0.3) is 11.8 Å². The van der Waals surface area contributed by atoms with Crippen molar-refractivity contribution in [2.45, 2.75) is 4.75 Å². The zero-order chi connectivity index (χ0) is 22.7. The van der Waals surface area contributed by atoms with Crippen LogP contribution in [0.1, 0.15) is 37.4 Å². The molecule has 0 N–H and O–H groups in total. The Morgan fingerprint density at radius 1 is 0.515 bits per heavy atom. The van der Waals surface area contributed by atoms with Crippen molar-refractivity contribution in [3.63, 3.8) is 0 Å². The van der Waals surface area contributed by atoms with E-state index in [1.807, 2.05) is 54.6 Å². The molecule has 0 saturated carbocycles. The number of hydrogen-bond donors (Lipinski definition) is 0. The van der Waals surface area contributed by atoms with Crippen molar-refractivity contribution in [2.24, 2.45) is 0 Å². The monoisotopic (exact) mass is 485 g/mol. The predicted molar refractivity (Wildman–Crippen MR) is 139 cm³/mol. The summed E-state index contributed by atoms with van der Waals surface area (Å²) >= 11 is 0. The smallest absolute Gasteiger partial charge is 0.268 e. The van der Waals surface area contributed by atoms with E-state index in [-0.39, 0.29) is 11.8 Å². The normalized spacial score (nSPS) is 13.3. The van der Waals surface area contributed by atoms with Gasteiger partial charge in [-0.05, 0) is 38.6 Å². The number of fused-ring (bicyclic) bond motifs is 1. The summed E-state index contributed by atoms with van der Waals surface area (Å²) in [5.41, 5.74) is 4.30. The highest BCUT2D eigenvalue weighted by Crippen LogP contribution is 2.57. The average molecular weight is 486 g/mol. The van der Waals surface area contributed by atoms with Crippen molar-refractivity contribution < 1.29 is 9.59 Å². The molecule has 0 atom stereocenters. The molecule has 0 radical (unpaired) electrons. The van der Waals surface area contributed by atoms with Crippen LogP contribution in [0.2, 0.25) is 0 Å². The Labute approximate surface area is 204 Å². The lowest BCUT2D eigenvalue weighted by Gasteiger charge is -2.34. The molecule has 2 amide bonds. The van der Waals surface area contributed by atoms with Gasteiger partial charge in [-0.25, -0.2) is 4.31 Å². The number of amides is 2. The van der Waals surface area contributed by atoms with Crippen LogP contribution in [0.5, 0.6) is 0 Å². The van der Waals surface area contributed by atoms with Crippen molar-refractivity contribution in [3.05, 3.63) is 143 Å². The predicted octanol–water partition coefficient (Wildman–Crippen LogP) is 7.22. The first kappa shape index (κ1) is 21.9. The number of carbonyl (C=O) groups is 2. The van der Waals surface area contributed by atoms with Gasteiger partial charge >= 0.3 is 0 Å². The zero-order valence-electron chi connectivity index (χ0n) is 17.5. The first-order valence-electron chi connectivity index (χ1n) is 10.4. The van der Waals surface area contributed by atoms with Crippen LogP contribution in [-0.2, 0) is 4.75 Å². The minimum absolute atomic E-state index is 0.265. The standard InChI is InChI=1S/C27H19NO2S3/c29-25-23-18-10-11-19-24(23)26(30)28(25)32-33-31-27(20-12-4-1-5-13-20,21-14-6-2-7-15-21)22-16-8-3-9-17-22/h1-19H. The van der Waals surface area contributed by atoms with E-state index < -0.39 is 4.75 Å². The Balaban J connectivity index is 1.51. The van der Waals surface area contributed by atoms with E-state index in [0.717, 1.165) is 16.7 Å². The Bertz CT molecular complexity index is 1150. The third-order valence-corrected chi connectivity index (χ3v) is 9.87. The maximum Gasteiger partial charge on any atom is 0.272 e. The molecular weight excluding hydrogens is 467 g/mol. The molecule has 0 spiro atoms. The number of carbonyl (C=O) groups excluding carboxylic acids is 2. The fourth-order valence-corrected chi connectivity index (χ4v) is 8.81. The van der Waals surface area contributed by atoms with Crippen LogP contribution in [0, 0.1) is 0 Å². The zero-order valence-corrected chi connectivity index (χ0v) is 19.9. The minimum atomic E-state index is -0.528. The second-order valence-corrected chi connectivity index (χ2v) is 11.5. The Morgan fingerprint density at radius 3 is 1.27 bits per heavy atom. The Kier molecular flexibility index (Phi) is 6.31. The van der Waals surface area contributed by atoms with Crippen molar-refractivity contribution in [1.29, 1.82) is 0 Å². The third kappa shape index (κ3) is 3.99. The van der Waals surface area contributed by atoms with Crippen LogP contribution < -0.4 is 0 Å². The molecule has 5 rings (SSSR count). The molecule has 0 fully saturated rings. The number of hydrogen-bond acceptors (Lipinski definition) is 5. The van der Waals surface area contributed by atoms with Gasteiger partial charge < -0.3 is 0 Å². The third-order valence-electron chi connectivity index (χ3n) is 5.56. The van der Waals surface area contributed by atoms with Crippen LogP contribution in [0.3, 0.4) is 0 Å². The van der Waals surface area contributed by atoms with E-state index in [1.165, 1.54) is 25.1 Å². The molecule has 1 heterocycles. The SMILES string of the molecule is O=C1c2ccccc2C(=O)N1SSSC(c1ccccc1)(c1ccccc1)c1ccccc1. The average Bonchev–Trinajstić information content (AvgIpc) is 3.13. The Morgan fingerprint density at radius 2 is 0.879 bits per heavy atom. The van der Waals surface area contributed by atoms with E-state index in [2.05, 4.69) is 36.4 Å². The topological polar surface area (TPSA) is 37.4 Å². The lowest BCUT2D eigenvalue weighted by Crippen LogP contribution is -2.25. The summed E-state index contributed by atoms with van der Waals surface area (Å²) in [6, 6.07) is 38.0. The summed E-state index contributed by atoms with van der Waals surface area (Å²) < 4.78 is 0.730. The van der Waals surface area contributed by atoms with E-state index in [1.54, 1.807) is 35.1 Å². The highest BCUT2D eigenvalue weighted by molar-refractivity contribution is 9.09. The molecule has 0 unspecified atom stereocenters. The highest BCUT2D eigenvalue weighted by Gasteiger charge is 2.40. The fourth-order valence-electron chi connectivity index (χ4n) is 3.99. The first-order chi connectivity index (χ1) is 16.2. The summed E-state index contributed by atoms with van der Waals surface area (Å²) in [4.78, 5) is 25.7. The van der Waals surface area contributed by atoms with Crippen LogP contribution in [-0.4, -0.2) is 16.1 Å². The number of rotatable bonds is 7. The first-order valence-corrected chi connectivity index (χ1v) is 13.8. The summed E-state index contributed by atoms with van der Waals surface area (Å²) in [6.45, 7) is 0. The molecule has 3 nitrogen and oxygen atoms in total. The lowest BCUT2D eigenvalue weighted by molar-refractivity contribution is 0.0779. The van der Waals surface area contributed by atoms with Gasteiger partial charge in [-0.15, -0.1) is 0 Å². The van der Waals surface area contributed by atoms with Crippen molar-refractivity contribution in [3.8, 4) is 0 Å². The maximum atomic E-state index is 12.8. The van der Waals surface area contributed by atoms with Gasteiger partial charge in [0.1, 0.15) is 4.75 Å². The largest absolute Gasteiger partial charge is 0.272 e. The molecule has 0 aliphatic carbocycles. The molecule has 6 heteroatoms. The summed E-state index contributed by atoms with van der Waals surface area (Å²) in [5.74, 6) is -0.531. The van der Waals surface area contributed by atoms with E-state index in [4.69, 9.17) is 0 Å². The van der Waals surface area contributed by atoms with Gasteiger partial charge in [0, 0.05) is 11.0 Å². The van der Waals surface area contributed by atoms with Crippen LogP contribution in [0.25, 0.3) is 0 Å². The molecule has 4 aromatic rings. The van der Waals surface area contributed by atoms with Gasteiger partial charge in [-0.2, -0.15) is 0 Å². The fraction of sp³-hybridized carbons (Fsp3) is 0.0370. The Hall–Kier alpha value is -2.93. The van der Waals surface area contributed by atoms with Gasteiger partial charge in [0.05, 0.1) is 11.1 Å². The van der Waals surface area contributed by atoms with Gasteiger partial charge in [-0.3, -0.25) is 9.59 Å². The van der Waals surface area contributed by atoms with E-state index in [0.29, 0.717) is 11.1 Å². The number of benzene rings is 4. The molecule has 162 valence electrons. The van der Waals surface area contributed by atoms with Crippen molar-refractivity contribution in [1.82, 2.24) is 4.31 Å². The van der Waals surface area contributed by atoms with Gasteiger partial charge in [0.15, 0.2) is 0 Å². The highest BCUT2D eigenvalue weighted by atomic mass is 33.5. The summed E-state index contributed by atoms with van der Waals surface area (Å²) in [5, 5.41) is 0. The molecule has 33 heavy (non-hydrogen) atoms. The van der Waals surface area contributed by atoms with Crippen LogP contribution in [0.4, 0.5) is 0 Å². The van der Waals surface area contributed by atoms with E-state index in [9.17, 15) is 9.59 Å². The minimum Gasteiger partial charge on any atom is -0.268 e. The van der Waals surface area contributed by atoms with Crippen LogP contribution >= 0.6 is 31.6 Å². The molecule has 4 aromatic carbocycles. The molecule has 1 aliphatic rings. The number of imide groups is 1. The molecular formula is C27H19NO2S3. The van der Waals surface area contributed by atoms with E-state index >= 15 is 0 Å². The second kappa shape index (κ2) is 9.51. The van der Waals surface area contributed by atoms with Crippen LogP contribution in [0.15, 0.2) is 115 Å². The second-order valence-electron chi connectivity index (χ2n) is 7.46. The number of nitrogens with zero attached hydrogens (tertiary/aromatic N) is 1. The quantitative estimate of drug-likeness (QED) is 0.120. The maximum absolute atomic E-state index is 12.8. The molecule has 0 bridgehead atoms. The molecule has 1 aliphatic heterocycles.